The number of ether oxygens (including phenoxy) is 2. The first-order chi connectivity index (χ1) is 20.9. The number of aliphatic hydroxyl groups is 1. The highest BCUT2D eigenvalue weighted by Gasteiger charge is 2.75. The molecule has 8 nitrogen and oxygen atoms in total. The van der Waals surface area contributed by atoms with Crippen molar-refractivity contribution in [3.8, 4) is 0 Å². The van der Waals surface area contributed by atoms with Crippen molar-refractivity contribution in [2.75, 3.05) is 24.7 Å². The fourth-order valence-electron chi connectivity index (χ4n) is 7.35. The molecule has 0 radical (unpaired) electrons. The van der Waals surface area contributed by atoms with Crippen molar-refractivity contribution in [2.24, 2.45) is 11.8 Å². The maximum Gasteiger partial charge on any atom is 0.312 e. The number of carbonyl (C=O) groups excluding carboxylic acids is 3. The maximum atomic E-state index is 14.9. The van der Waals surface area contributed by atoms with E-state index >= 15 is 0 Å². The molecule has 2 bridgehead atoms. The van der Waals surface area contributed by atoms with Crippen LogP contribution < -0.4 is 4.90 Å². The summed E-state index contributed by atoms with van der Waals surface area (Å²) in [5, 5.41) is 12.7. The van der Waals surface area contributed by atoms with E-state index in [4.69, 9.17) is 9.47 Å². The predicted molar refractivity (Wildman–Crippen MR) is 163 cm³/mol. The minimum atomic E-state index is -1.23. The molecule has 2 unspecified atom stereocenters. The zero-order valence-electron chi connectivity index (χ0n) is 24.0. The molecule has 222 valence electrons. The highest BCUT2D eigenvalue weighted by atomic mass is 16.6. The Morgan fingerprint density at radius 2 is 1.81 bits per heavy atom. The van der Waals surface area contributed by atoms with Gasteiger partial charge in [-0.3, -0.25) is 14.4 Å². The standard InChI is InChI=1S/C35H36N2O6/c1-3-18-36(26-15-14-24-12-8-9-13-25(24)21-26)33(40)31-35-17-16-28(43-35)29(34(41)42-19-4-2)30(35)32(39)37(31)27(22-38)20-23-10-6-5-7-11-23/h3-15,21,27-31,38H,1-2,16-20,22H2/t27-,28+,29-,30+,31?,35?/m1/s1. The molecule has 1 N–H and O–H groups in total. The van der Waals surface area contributed by atoms with Crippen LogP contribution in [0.2, 0.25) is 0 Å². The van der Waals surface area contributed by atoms with E-state index in [0.717, 1.165) is 16.3 Å². The van der Waals surface area contributed by atoms with Crippen molar-refractivity contribution < 1.29 is 29.0 Å². The molecule has 6 rings (SSSR count). The number of likely N-dealkylation sites (tertiary alicyclic amines) is 1. The third-order valence-electron chi connectivity index (χ3n) is 9.13. The third-order valence-corrected chi connectivity index (χ3v) is 9.13. The van der Waals surface area contributed by atoms with Crippen LogP contribution in [0.3, 0.4) is 0 Å². The number of rotatable bonds is 11. The fraction of sp³-hybridized carbons (Fsp3) is 0.343. The maximum absolute atomic E-state index is 14.9. The SMILES string of the molecule is C=CCOC(=O)[C@@H]1[C@@H]2CCC3(O2)C(C(=O)N(CC=C)c2ccc4ccccc4c2)N([C@@H](CO)Cc2ccccc2)C(=O)[C@H]13. The molecule has 3 saturated heterocycles. The van der Waals surface area contributed by atoms with Gasteiger partial charge in [-0.05, 0) is 47.7 Å². The van der Waals surface area contributed by atoms with E-state index in [1.54, 1.807) is 11.0 Å². The first-order valence-corrected chi connectivity index (χ1v) is 14.8. The molecular weight excluding hydrogens is 544 g/mol. The molecule has 1 spiro atoms. The number of aliphatic hydroxyl groups excluding tert-OH is 1. The van der Waals surface area contributed by atoms with Gasteiger partial charge in [0, 0.05) is 12.2 Å². The van der Waals surface area contributed by atoms with Crippen LogP contribution in [-0.4, -0.2) is 71.3 Å². The van der Waals surface area contributed by atoms with Crippen molar-refractivity contribution in [2.45, 2.75) is 43.1 Å². The second kappa shape index (κ2) is 11.8. The summed E-state index contributed by atoms with van der Waals surface area (Å²) in [6, 6.07) is 21.5. The molecule has 0 aromatic heterocycles. The van der Waals surface area contributed by atoms with Gasteiger partial charge in [0.25, 0.3) is 5.91 Å². The molecule has 3 aliphatic rings. The summed E-state index contributed by atoms with van der Waals surface area (Å²) >= 11 is 0. The lowest BCUT2D eigenvalue weighted by Gasteiger charge is -2.39. The largest absolute Gasteiger partial charge is 0.461 e. The summed E-state index contributed by atoms with van der Waals surface area (Å²) in [6.45, 7) is 7.38. The number of nitrogens with zero attached hydrogens (tertiary/aromatic N) is 2. The molecule has 3 aliphatic heterocycles. The topological polar surface area (TPSA) is 96.4 Å². The van der Waals surface area contributed by atoms with E-state index in [2.05, 4.69) is 13.2 Å². The van der Waals surface area contributed by atoms with E-state index in [1.165, 1.54) is 11.0 Å². The van der Waals surface area contributed by atoms with E-state index in [9.17, 15) is 19.5 Å². The molecule has 3 aromatic rings. The number of carbonyl (C=O) groups is 3. The van der Waals surface area contributed by atoms with Gasteiger partial charge in [-0.25, -0.2) is 0 Å². The smallest absolute Gasteiger partial charge is 0.312 e. The second-order valence-corrected chi connectivity index (χ2v) is 11.5. The van der Waals surface area contributed by atoms with E-state index < -0.39 is 41.6 Å². The lowest BCUT2D eigenvalue weighted by molar-refractivity contribution is -0.154. The Morgan fingerprint density at radius 1 is 1.07 bits per heavy atom. The summed E-state index contributed by atoms with van der Waals surface area (Å²) in [5.41, 5.74) is 0.352. The third kappa shape index (κ3) is 4.84. The van der Waals surface area contributed by atoms with Crippen LogP contribution in [0.5, 0.6) is 0 Å². The second-order valence-electron chi connectivity index (χ2n) is 11.5. The van der Waals surface area contributed by atoms with E-state index in [1.807, 2.05) is 72.8 Å². The van der Waals surface area contributed by atoms with Crippen LogP contribution in [-0.2, 0) is 30.3 Å². The summed E-state index contributed by atoms with van der Waals surface area (Å²) < 4.78 is 12.0. The van der Waals surface area contributed by atoms with Gasteiger partial charge in [0.15, 0.2) is 0 Å². The first-order valence-electron chi connectivity index (χ1n) is 14.8. The summed E-state index contributed by atoms with van der Waals surface area (Å²) in [4.78, 5) is 45.8. The lowest BCUT2D eigenvalue weighted by atomic mass is 9.70. The first kappa shape index (κ1) is 28.8. The molecular formula is C35H36N2O6. The van der Waals surface area contributed by atoms with Crippen LogP contribution in [0.4, 0.5) is 5.69 Å². The van der Waals surface area contributed by atoms with Crippen molar-refractivity contribution in [1.29, 1.82) is 0 Å². The lowest BCUT2D eigenvalue weighted by Crippen LogP contribution is -2.59. The highest BCUT2D eigenvalue weighted by Crippen LogP contribution is 2.59. The van der Waals surface area contributed by atoms with Crippen molar-refractivity contribution >= 4 is 34.2 Å². The summed E-state index contributed by atoms with van der Waals surface area (Å²) in [7, 11) is 0. The Bertz CT molecular complexity index is 1560. The van der Waals surface area contributed by atoms with Gasteiger partial charge in [0.1, 0.15) is 18.2 Å². The number of hydrogen-bond donors (Lipinski definition) is 1. The molecule has 6 atom stereocenters. The molecule has 3 aromatic carbocycles. The number of fused-ring (bicyclic) bond motifs is 2. The Balaban J connectivity index is 1.44. The highest BCUT2D eigenvalue weighted by molar-refractivity contribution is 6.05. The fourth-order valence-corrected chi connectivity index (χ4v) is 7.35. The van der Waals surface area contributed by atoms with Crippen molar-refractivity contribution in [1.82, 2.24) is 4.90 Å². The van der Waals surface area contributed by atoms with E-state index in [0.29, 0.717) is 24.9 Å². The Hall–Kier alpha value is -4.27. The van der Waals surface area contributed by atoms with Gasteiger partial charge in [-0.15, -0.1) is 6.58 Å². The Kier molecular flexibility index (Phi) is 7.90. The molecule has 2 amide bonds. The average Bonchev–Trinajstić information content (AvgIpc) is 3.68. The zero-order valence-corrected chi connectivity index (χ0v) is 24.0. The van der Waals surface area contributed by atoms with Crippen LogP contribution in [0.15, 0.2) is 98.1 Å². The quantitative estimate of drug-likeness (QED) is 0.272. The minimum absolute atomic E-state index is 0.0182. The van der Waals surface area contributed by atoms with Crippen LogP contribution in [0.1, 0.15) is 18.4 Å². The van der Waals surface area contributed by atoms with Crippen molar-refractivity contribution in [3.05, 3.63) is 104 Å². The predicted octanol–water partition coefficient (Wildman–Crippen LogP) is 4.07. The average molecular weight is 581 g/mol. The Morgan fingerprint density at radius 3 is 2.53 bits per heavy atom. The molecule has 8 heteroatoms. The van der Waals surface area contributed by atoms with Gasteiger partial charge < -0.3 is 24.4 Å². The molecule has 3 heterocycles. The summed E-state index contributed by atoms with van der Waals surface area (Å²) in [5.74, 6) is -2.97. The van der Waals surface area contributed by atoms with Crippen LogP contribution in [0, 0.1) is 11.8 Å². The van der Waals surface area contributed by atoms with Gasteiger partial charge in [0.05, 0.1) is 30.6 Å². The van der Waals surface area contributed by atoms with Crippen LogP contribution >= 0.6 is 0 Å². The number of anilines is 1. The zero-order chi connectivity index (χ0) is 30.1. The van der Waals surface area contributed by atoms with Gasteiger partial charge in [-0.1, -0.05) is 79.4 Å². The molecule has 43 heavy (non-hydrogen) atoms. The minimum Gasteiger partial charge on any atom is -0.461 e. The van der Waals surface area contributed by atoms with Gasteiger partial charge in [0.2, 0.25) is 5.91 Å². The molecule has 3 fully saturated rings. The summed E-state index contributed by atoms with van der Waals surface area (Å²) in [6.07, 6.45) is 3.90. The van der Waals surface area contributed by atoms with E-state index in [-0.39, 0.29) is 31.6 Å². The number of amides is 2. The number of benzene rings is 3. The Labute approximate surface area is 251 Å². The molecule has 0 aliphatic carbocycles. The number of hydrogen-bond acceptors (Lipinski definition) is 6. The van der Waals surface area contributed by atoms with Crippen LogP contribution in [0.25, 0.3) is 10.8 Å². The monoisotopic (exact) mass is 580 g/mol. The molecule has 0 saturated carbocycles. The van der Waals surface area contributed by atoms with Gasteiger partial charge >= 0.3 is 5.97 Å². The normalized spacial score (nSPS) is 26.3. The van der Waals surface area contributed by atoms with Crippen molar-refractivity contribution in [3.63, 3.8) is 0 Å². The van der Waals surface area contributed by atoms with Gasteiger partial charge in [-0.2, -0.15) is 0 Å². The number of esters is 1.